The van der Waals surface area contributed by atoms with Crippen LogP contribution in [0, 0.1) is 19.8 Å². The highest BCUT2D eigenvalue weighted by Gasteiger charge is 2.28. The lowest BCUT2D eigenvalue weighted by atomic mass is 10.0. The first kappa shape index (κ1) is 20.0. The Morgan fingerprint density at radius 2 is 1.50 bits per heavy atom. The molecular weight excluding hydrogens is 308 g/mol. The molecule has 24 heavy (non-hydrogen) atoms. The summed E-state index contributed by atoms with van der Waals surface area (Å²) in [5.41, 5.74) is 2.21. The number of carbonyl (C=O) groups is 2. The minimum absolute atomic E-state index is 0.254. The van der Waals surface area contributed by atoms with E-state index in [1.165, 1.54) is 0 Å². The summed E-state index contributed by atoms with van der Waals surface area (Å²) in [5, 5.41) is 0. The Morgan fingerprint density at radius 1 is 0.958 bits per heavy atom. The molecule has 5 heteroatoms. The van der Waals surface area contributed by atoms with Crippen molar-refractivity contribution >= 4 is 11.9 Å². The van der Waals surface area contributed by atoms with E-state index in [0.717, 1.165) is 23.3 Å². The van der Waals surface area contributed by atoms with Crippen molar-refractivity contribution in [3.8, 4) is 5.75 Å². The second-order valence-corrected chi connectivity index (χ2v) is 5.62. The van der Waals surface area contributed by atoms with Crippen LogP contribution in [0.25, 0.3) is 0 Å². The van der Waals surface area contributed by atoms with E-state index in [0.29, 0.717) is 19.4 Å². The van der Waals surface area contributed by atoms with E-state index in [1.54, 1.807) is 13.8 Å². The molecule has 134 valence electrons. The van der Waals surface area contributed by atoms with Crippen LogP contribution in [-0.4, -0.2) is 31.8 Å². The van der Waals surface area contributed by atoms with E-state index in [4.69, 9.17) is 14.2 Å². The summed E-state index contributed by atoms with van der Waals surface area (Å²) < 4.78 is 15.7. The maximum Gasteiger partial charge on any atom is 0.320 e. The topological polar surface area (TPSA) is 61.8 Å². The van der Waals surface area contributed by atoms with E-state index in [9.17, 15) is 9.59 Å². The first-order valence-electron chi connectivity index (χ1n) is 8.53. The van der Waals surface area contributed by atoms with Gasteiger partial charge in [0.25, 0.3) is 0 Å². The molecule has 0 bridgehead atoms. The molecule has 5 nitrogen and oxygen atoms in total. The zero-order valence-corrected chi connectivity index (χ0v) is 15.1. The minimum atomic E-state index is -0.843. The fourth-order valence-electron chi connectivity index (χ4n) is 2.47. The Bertz CT molecular complexity index is 500. The van der Waals surface area contributed by atoms with Crippen LogP contribution in [0.4, 0.5) is 0 Å². The van der Waals surface area contributed by atoms with E-state index in [1.807, 2.05) is 32.0 Å². The molecule has 0 aliphatic carbocycles. The SMILES string of the molecule is CCOC(=O)C(CCCCOc1c(C)cccc1C)C(=O)OCC. The molecule has 0 fully saturated rings. The van der Waals surface area contributed by atoms with Crippen molar-refractivity contribution in [1.29, 1.82) is 0 Å². The Balaban J connectivity index is 2.44. The van der Waals surface area contributed by atoms with Crippen LogP contribution >= 0.6 is 0 Å². The summed E-state index contributed by atoms with van der Waals surface area (Å²) >= 11 is 0. The highest BCUT2D eigenvalue weighted by atomic mass is 16.6. The molecule has 0 aliphatic heterocycles. The number of carbonyl (C=O) groups excluding carboxylic acids is 2. The van der Waals surface area contributed by atoms with Crippen LogP contribution in [0.3, 0.4) is 0 Å². The number of para-hydroxylation sites is 1. The van der Waals surface area contributed by atoms with Crippen LogP contribution in [0.15, 0.2) is 18.2 Å². The average molecular weight is 336 g/mol. The van der Waals surface area contributed by atoms with Crippen molar-refractivity contribution in [2.75, 3.05) is 19.8 Å². The molecule has 0 saturated carbocycles. The number of hydrogen-bond donors (Lipinski definition) is 0. The molecule has 0 atom stereocenters. The van der Waals surface area contributed by atoms with Crippen LogP contribution in [-0.2, 0) is 19.1 Å². The van der Waals surface area contributed by atoms with E-state index in [2.05, 4.69) is 0 Å². The average Bonchev–Trinajstić information content (AvgIpc) is 2.53. The lowest BCUT2D eigenvalue weighted by Gasteiger charge is -2.15. The summed E-state index contributed by atoms with van der Waals surface area (Å²) in [6.07, 6.45) is 1.85. The molecule has 1 rings (SSSR count). The van der Waals surface area contributed by atoms with Crippen molar-refractivity contribution in [2.24, 2.45) is 5.92 Å². The Kier molecular flexibility index (Phi) is 8.90. The first-order valence-corrected chi connectivity index (χ1v) is 8.53. The third-order valence-corrected chi connectivity index (χ3v) is 3.68. The number of ether oxygens (including phenoxy) is 3. The predicted molar refractivity (Wildman–Crippen MR) is 92.0 cm³/mol. The van der Waals surface area contributed by atoms with Gasteiger partial charge < -0.3 is 14.2 Å². The molecule has 0 radical (unpaired) electrons. The van der Waals surface area contributed by atoms with Crippen LogP contribution < -0.4 is 4.74 Å². The summed E-state index contributed by atoms with van der Waals surface area (Å²) in [6, 6.07) is 6.03. The van der Waals surface area contributed by atoms with Gasteiger partial charge in [-0.2, -0.15) is 0 Å². The van der Waals surface area contributed by atoms with Crippen molar-refractivity contribution in [2.45, 2.75) is 47.0 Å². The molecular formula is C19H28O5. The number of esters is 2. The molecule has 0 saturated heterocycles. The summed E-state index contributed by atoms with van der Waals surface area (Å²) in [5.74, 6) is -0.951. The van der Waals surface area contributed by atoms with E-state index >= 15 is 0 Å². The zero-order chi connectivity index (χ0) is 17.9. The number of aryl methyl sites for hydroxylation is 2. The molecule has 0 unspecified atom stereocenters. The normalized spacial score (nSPS) is 10.5. The Morgan fingerprint density at radius 3 is 2.00 bits per heavy atom. The maximum absolute atomic E-state index is 11.9. The fourth-order valence-corrected chi connectivity index (χ4v) is 2.47. The predicted octanol–water partition coefficient (Wildman–Crippen LogP) is 3.59. The highest BCUT2D eigenvalue weighted by molar-refractivity contribution is 5.94. The van der Waals surface area contributed by atoms with Crippen molar-refractivity contribution < 1.29 is 23.8 Å². The number of hydrogen-bond acceptors (Lipinski definition) is 5. The van der Waals surface area contributed by atoms with Gasteiger partial charge in [0, 0.05) is 0 Å². The molecule has 0 amide bonds. The van der Waals surface area contributed by atoms with Gasteiger partial charge in [-0.1, -0.05) is 18.2 Å². The van der Waals surface area contributed by atoms with Gasteiger partial charge in [0.05, 0.1) is 19.8 Å². The van der Waals surface area contributed by atoms with E-state index < -0.39 is 17.9 Å². The van der Waals surface area contributed by atoms with Crippen molar-refractivity contribution in [3.05, 3.63) is 29.3 Å². The van der Waals surface area contributed by atoms with Crippen molar-refractivity contribution in [1.82, 2.24) is 0 Å². The number of rotatable bonds is 10. The largest absolute Gasteiger partial charge is 0.493 e. The monoisotopic (exact) mass is 336 g/mol. The summed E-state index contributed by atoms with van der Waals surface area (Å²) in [6.45, 7) is 8.52. The number of unbranched alkanes of at least 4 members (excludes halogenated alkanes) is 1. The molecule has 0 aromatic heterocycles. The molecule has 0 heterocycles. The second kappa shape index (κ2) is 10.7. The third-order valence-electron chi connectivity index (χ3n) is 3.68. The lowest BCUT2D eigenvalue weighted by Crippen LogP contribution is -2.28. The Labute approximate surface area is 144 Å². The van der Waals surface area contributed by atoms with Gasteiger partial charge in [0.15, 0.2) is 5.92 Å². The van der Waals surface area contributed by atoms with Gasteiger partial charge in [-0.15, -0.1) is 0 Å². The standard InChI is InChI=1S/C19H28O5/c1-5-22-18(20)16(19(21)23-6-2)12-7-8-13-24-17-14(3)10-9-11-15(17)4/h9-11,16H,5-8,12-13H2,1-4H3. The fraction of sp³-hybridized carbons (Fsp3) is 0.579. The Hall–Kier alpha value is -2.04. The first-order chi connectivity index (χ1) is 11.5. The molecule has 0 spiro atoms. The van der Waals surface area contributed by atoms with Crippen molar-refractivity contribution in [3.63, 3.8) is 0 Å². The maximum atomic E-state index is 11.9. The van der Waals surface area contributed by atoms with Crippen LogP contribution in [0.5, 0.6) is 5.75 Å². The molecule has 1 aromatic carbocycles. The second-order valence-electron chi connectivity index (χ2n) is 5.62. The summed E-state index contributed by atoms with van der Waals surface area (Å²) in [7, 11) is 0. The van der Waals surface area contributed by atoms with Gasteiger partial charge in [0.1, 0.15) is 5.75 Å². The van der Waals surface area contributed by atoms with Gasteiger partial charge in [-0.3, -0.25) is 9.59 Å². The number of benzene rings is 1. The zero-order valence-electron chi connectivity index (χ0n) is 15.1. The lowest BCUT2D eigenvalue weighted by molar-refractivity contribution is -0.162. The van der Waals surface area contributed by atoms with Crippen LogP contribution in [0.1, 0.15) is 44.2 Å². The third kappa shape index (κ3) is 6.22. The quantitative estimate of drug-likeness (QED) is 0.371. The van der Waals surface area contributed by atoms with Gasteiger partial charge in [-0.25, -0.2) is 0 Å². The van der Waals surface area contributed by atoms with Crippen LogP contribution in [0.2, 0.25) is 0 Å². The van der Waals surface area contributed by atoms with Gasteiger partial charge in [0.2, 0.25) is 0 Å². The molecule has 1 aromatic rings. The minimum Gasteiger partial charge on any atom is -0.493 e. The summed E-state index contributed by atoms with van der Waals surface area (Å²) in [4.78, 5) is 23.8. The van der Waals surface area contributed by atoms with E-state index in [-0.39, 0.29) is 13.2 Å². The molecule has 0 N–H and O–H groups in total. The highest BCUT2D eigenvalue weighted by Crippen LogP contribution is 2.22. The smallest absolute Gasteiger partial charge is 0.320 e. The van der Waals surface area contributed by atoms with Gasteiger partial charge in [-0.05, 0) is 58.1 Å². The van der Waals surface area contributed by atoms with Gasteiger partial charge >= 0.3 is 11.9 Å². The molecule has 0 aliphatic rings.